The molecule has 1 aromatic heterocycles. The molecule has 2 aromatic rings. The van der Waals surface area contributed by atoms with Gasteiger partial charge in [0.2, 0.25) is 0 Å². The van der Waals surface area contributed by atoms with Gasteiger partial charge in [0.05, 0.1) is 20.8 Å². The van der Waals surface area contributed by atoms with Gasteiger partial charge in [-0.05, 0) is 31.5 Å². The molecule has 1 aromatic carbocycles. The van der Waals surface area contributed by atoms with Gasteiger partial charge < -0.3 is 23.5 Å². The Morgan fingerprint density at radius 1 is 1.36 bits per heavy atom. The minimum absolute atomic E-state index is 0.194. The number of aromatic nitrogens is 1. The molecule has 3 rings (SSSR count). The zero-order valence-electron chi connectivity index (χ0n) is 14.7. The number of hydrogen-bond acceptors (Lipinski definition) is 7. The first-order valence-corrected chi connectivity index (χ1v) is 8.25. The van der Waals surface area contributed by atoms with Crippen LogP contribution >= 0.6 is 0 Å². The molecule has 0 radical (unpaired) electrons. The quantitative estimate of drug-likeness (QED) is 0.745. The van der Waals surface area contributed by atoms with Crippen LogP contribution in [0.1, 0.15) is 35.3 Å². The predicted octanol–water partition coefficient (Wildman–Crippen LogP) is 2.86. The summed E-state index contributed by atoms with van der Waals surface area (Å²) in [4.78, 5) is 18.0. The number of carbonyl (C=O) groups excluding carboxylic acids is 1. The Kier molecular flexibility index (Phi) is 5.11. The third-order valence-corrected chi connectivity index (χ3v) is 4.31. The number of rotatable bonds is 6. The van der Waals surface area contributed by atoms with Gasteiger partial charge in [0.25, 0.3) is 6.01 Å². The van der Waals surface area contributed by atoms with Crippen LogP contribution in [0.15, 0.2) is 28.9 Å². The fraction of sp³-hybridized carbons (Fsp3) is 0.444. The third kappa shape index (κ3) is 3.55. The van der Waals surface area contributed by atoms with Crippen LogP contribution < -0.4 is 14.4 Å². The molecule has 2 heterocycles. The van der Waals surface area contributed by atoms with Crippen LogP contribution in [0.4, 0.5) is 6.01 Å². The van der Waals surface area contributed by atoms with Gasteiger partial charge in [-0.2, -0.15) is 4.98 Å². The fourth-order valence-electron chi connectivity index (χ4n) is 3.05. The zero-order chi connectivity index (χ0) is 17.8. The van der Waals surface area contributed by atoms with Crippen molar-refractivity contribution in [1.82, 2.24) is 4.98 Å². The maximum Gasteiger partial charge on any atom is 0.360 e. The van der Waals surface area contributed by atoms with Gasteiger partial charge in [-0.15, -0.1) is 0 Å². The number of esters is 1. The molecule has 7 heteroatoms. The Bertz CT molecular complexity index is 743. The van der Waals surface area contributed by atoms with Crippen LogP contribution in [0.5, 0.6) is 11.5 Å². The van der Waals surface area contributed by atoms with Crippen molar-refractivity contribution in [3.05, 3.63) is 35.7 Å². The second kappa shape index (κ2) is 7.46. The van der Waals surface area contributed by atoms with Crippen molar-refractivity contribution in [2.45, 2.75) is 19.3 Å². The molecule has 0 N–H and O–H groups in total. The van der Waals surface area contributed by atoms with Gasteiger partial charge in [-0.1, -0.05) is 0 Å². The monoisotopic (exact) mass is 346 g/mol. The number of nitrogens with zero attached hydrogens (tertiary/aromatic N) is 2. The van der Waals surface area contributed by atoms with E-state index in [4.69, 9.17) is 18.6 Å². The van der Waals surface area contributed by atoms with Gasteiger partial charge in [0.15, 0.2) is 5.69 Å². The first kappa shape index (κ1) is 17.1. The number of carbonyl (C=O) groups is 1. The van der Waals surface area contributed by atoms with Crippen molar-refractivity contribution < 1.29 is 23.4 Å². The molecular formula is C18H22N2O5. The summed E-state index contributed by atoms with van der Waals surface area (Å²) in [6.45, 7) is 3.58. The standard InChI is InChI=1S/C18H22N2O5/c1-4-24-17(21)15-11-25-18(19-15)20-8-7-12(10-20)14-9-13(22-2)5-6-16(14)23-3/h5-6,9,11-12H,4,7-8,10H2,1-3H3/t12-/m0/s1. The van der Waals surface area contributed by atoms with Gasteiger partial charge in [-0.25, -0.2) is 4.79 Å². The highest BCUT2D eigenvalue weighted by Gasteiger charge is 2.29. The van der Waals surface area contributed by atoms with E-state index >= 15 is 0 Å². The molecule has 0 spiro atoms. The van der Waals surface area contributed by atoms with E-state index in [2.05, 4.69) is 4.98 Å². The smallest absolute Gasteiger partial charge is 0.360 e. The summed E-state index contributed by atoms with van der Waals surface area (Å²) in [6, 6.07) is 6.25. The summed E-state index contributed by atoms with van der Waals surface area (Å²) in [5, 5.41) is 0. The number of benzene rings is 1. The van der Waals surface area contributed by atoms with Gasteiger partial charge in [0.1, 0.15) is 17.8 Å². The minimum Gasteiger partial charge on any atom is -0.497 e. The van der Waals surface area contributed by atoms with Crippen LogP contribution in [0.25, 0.3) is 0 Å². The molecule has 1 saturated heterocycles. The third-order valence-electron chi connectivity index (χ3n) is 4.31. The molecule has 7 nitrogen and oxygen atoms in total. The number of hydrogen-bond donors (Lipinski definition) is 0. The number of ether oxygens (including phenoxy) is 3. The van der Waals surface area contributed by atoms with E-state index in [0.717, 1.165) is 36.6 Å². The highest BCUT2D eigenvalue weighted by molar-refractivity contribution is 5.87. The van der Waals surface area contributed by atoms with Crippen molar-refractivity contribution in [3.8, 4) is 11.5 Å². The summed E-state index contributed by atoms with van der Waals surface area (Å²) >= 11 is 0. The summed E-state index contributed by atoms with van der Waals surface area (Å²) in [7, 11) is 3.31. The average molecular weight is 346 g/mol. The van der Waals surface area contributed by atoms with E-state index in [9.17, 15) is 4.79 Å². The lowest BCUT2D eigenvalue weighted by Crippen LogP contribution is -2.20. The van der Waals surface area contributed by atoms with E-state index in [1.165, 1.54) is 6.26 Å². The molecule has 0 saturated carbocycles. The highest BCUT2D eigenvalue weighted by atomic mass is 16.5. The maximum absolute atomic E-state index is 11.7. The van der Waals surface area contributed by atoms with E-state index in [1.807, 2.05) is 23.1 Å². The average Bonchev–Trinajstić information content (AvgIpc) is 3.30. The zero-order valence-corrected chi connectivity index (χ0v) is 14.7. The minimum atomic E-state index is -0.470. The number of oxazole rings is 1. The first-order valence-electron chi connectivity index (χ1n) is 8.25. The van der Waals surface area contributed by atoms with Crippen molar-refractivity contribution >= 4 is 12.0 Å². The normalized spacial score (nSPS) is 16.8. The molecule has 1 fully saturated rings. The highest BCUT2D eigenvalue weighted by Crippen LogP contribution is 2.37. The van der Waals surface area contributed by atoms with Crippen molar-refractivity contribution in [1.29, 1.82) is 0 Å². The molecule has 0 amide bonds. The molecule has 0 aliphatic carbocycles. The SMILES string of the molecule is CCOC(=O)c1coc(N2CC[C@H](c3cc(OC)ccc3OC)C2)n1. The van der Waals surface area contributed by atoms with E-state index < -0.39 is 5.97 Å². The second-order valence-corrected chi connectivity index (χ2v) is 5.78. The summed E-state index contributed by atoms with van der Waals surface area (Å²) in [5.41, 5.74) is 1.29. The molecule has 1 aliphatic rings. The van der Waals surface area contributed by atoms with E-state index in [0.29, 0.717) is 12.6 Å². The van der Waals surface area contributed by atoms with Crippen molar-refractivity contribution in [2.24, 2.45) is 0 Å². The molecule has 0 bridgehead atoms. The topological polar surface area (TPSA) is 74.0 Å². The summed E-state index contributed by atoms with van der Waals surface area (Å²) in [6.07, 6.45) is 2.27. The van der Waals surface area contributed by atoms with Crippen LogP contribution in [0, 0.1) is 0 Å². The van der Waals surface area contributed by atoms with Gasteiger partial charge in [-0.3, -0.25) is 0 Å². The Hall–Kier alpha value is -2.70. The largest absolute Gasteiger partial charge is 0.497 e. The van der Waals surface area contributed by atoms with Crippen LogP contribution in [0.2, 0.25) is 0 Å². The lowest BCUT2D eigenvalue weighted by atomic mass is 9.97. The van der Waals surface area contributed by atoms with Gasteiger partial charge >= 0.3 is 5.97 Å². The first-order chi connectivity index (χ1) is 12.2. The molecule has 25 heavy (non-hydrogen) atoms. The van der Waals surface area contributed by atoms with Gasteiger partial charge in [0, 0.05) is 24.6 Å². The van der Waals surface area contributed by atoms with Crippen molar-refractivity contribution in [3.63, 3.8) is 0 Å². The van der Waals surface area contributed by atoms with Crippen LogP contribution in [-0.2, 0) is 4.74 Å². The van der Waals surface area contributed by atoms with Crippen molar-refractivity contribution in [2.75, 3.05) is 38.8 Å². The molecule has 1 aliphatic heterocycles. The fourth-order valence-corrected chi connectivity index (χ4v) is 3.05. The Morgan fingerprint density at radius 3 is 2.92 bits per heavy atom. The van der Waals surface area contributed by atoms with E-state index in [-0.39, 0.29) is 11.6 Å². The molecular weight excluding hydrogens is 324 g/mol. The number of methoxy groups -OCH3 is 2. The van der Waals surface area contributed by atoms with E-state index in [1.54, 1.807) is 21.1 Å². The Morgan fingerprint density at radius 2 is 2.20 bits per heavy atom. The predicted molar refractivity (Wildman–Crippen MR) is 91.6 cm³/mol. The Labute approximate surface area is 146 Å². The maximum atomic E-state index is 11.7. The van der Waals surface area contributed by atoms with Crippen LogP contribution in [-0.4, -0.2) is 44.9 Å². The lowest BCUT2D eigenvalue weighted by molar-refractivity contribution is 0.0519. The summed E-state index contributed by atoms with van der Waals surface area (Å²) < 4.78 is 21.2. The lowest BCUT2D eigenvalue weighted by Gasteiger charge is -2.17. The Balaban J connectivity index is 1.75. The van der Waals surface area contributed by atoms with Crippen LogP contribution in [0.3, 0.4) is 0 Å². The second-order valence-electron chi connectivity index (χ2n) is 5.78. The molecule has 1 atom stereocenters. The molecule has 0 unspecified atom stereocenters. The number of anilines is 1. The summed E-state index contributed by atoms with van der Waals surface area (Å²) in [5.74, 6) is 1.44. The molecule has 134 valence electrons.